The molecule has 2 aliphatic heterocycles. The van der Waals surface area contributed by atoms with Gasteiger partial charge in [0.2, 0.25) is 0 Å². The Bertz CT molecular complexity index is 359. The van der Waals surface area contributed by atoms with Crippen LogP contribution in [0, 0.1) is 0 Å². The van der Waals surface area contributed by atoms with Crippen LogP contribution in [0.3, 0.4) is 0 Å². The summed E-state index contributed by atoms with van der Waals surface area (Å²) in [5, 5.41) is 0. The van der Waals surface area contributed by atoms with Crippen molar-refractivity contribution in [3.05, 3.63) is 11.6 Å². The third-order valence-electron chi connectivity index (χ3n) is 3.92. The van der Waals surface area contributed by atoms with Gasteiger partial charge in [-0.15, -0.1) is 0 Å². The number of rotatable bonds is 6. The zero-order valence-corrected chi connectivity index (χ0v) is 13.0. The molecule has 19 heavy (non-hydrogen) atoms. The Kier molecular flexibility index (Phi) is 5.45. The fraction of sp³-hybridized carbons (Fsp3) is 0.786. The predicted octanol–water partition coefficient (Wildman–Crippen LogP) is 2.78. The van der Waals surface area contributed by atoms with Gasteiger partial charge < -0.3 is 4.74 Å². The van der Waals surface area contributed by atoms with Gasteiger partial charge in [0, 0.05) is 19.2 Å². The van der Waals surface area contributed by atoms with Crippen LogP contribution in [0.5, 0.6) is 0 Å². The Morgan fingerprint density at radius 1 is 1.58 bits per heavy atom. The second-order valence-electron chi connectivity index (χ2n) is 5.45. The first-order chi connectivity index (χ1) is 9.18. The summed E-state index contributed by atoms with van der Waals surface area (Å²) in [5.74, 6) is 0. The van der Waals surface area contributed by atoms with Gasteiger partial charge in [0.1, 0.15) is 0 Å². The molecule has 2 heterocycles. The molecule has 0 aliphatic carbocycles. The minimum Gasteiger partial charge on any atom is -0.350 e. The summed E-state index contributed by atoms with van der Waals surface area (Å²) in [6.07, 6.45) is 8.85. The number of nitrogens with one attached hydrogen (secondary N) is 1. The zero-order valence-electron chi connectivity index (χ0n) is 12.2. The molecule has 108 valence electrons. The van der Waals surface area contributed by atoms with E-state index >= 15 is 0 Å². The monoisotopic (exact) mass is 283 g/mol. The van der Waals surface area contributed by atoms with Gasteiger partial charge in [-0.3, -0.25) is 4.90 Å². The lowest BCUT2D eigenvalue weighted by Gasteiger charge is -2.37. The van der Waals surface area contributed by atoms with E-state index in [0.717, 1.165) is 26.0 Å². The second kappa shape index (κ2) is 6.88. The molecule has 0 saturated carbocycles. The minimum absolute atomic E-state index is 0.479. The Balaban J connectivity index is 2.01. The van der Waals surface area contributed by atoms with Crippen LogP contribution in [0.4, 0.5) is 0 Å². The van der Waals surface area contributed by atoms with Crippen LogP contribution in [0.15, 0.2) is 16.0 Å². The molecule has 2 aliphatic rings. The van der Waals surface area contributed by atoms with E-state index in [0.29, 0.717) is 6.04 Å². The number of unbranched alkanes of at least 4 members (excludes halogenated alkanes) is 2. The summed E-state index contributed by atoms with van der Waals surface area (Å²) in [5.41, 5.74) is 0.811. The van der Waals surface area contributed by atoms with E-state index in [-0.39, 0.29) is 0 Å². The Morgan fingerprint density at radius 2 is 2.42 bits per heavy atom. The molecule has 0 fully saturated rings. The van der Waals surface area contributed by atoms with Crippen LogP contribution in [-0.2, 0) is 4.74 Å². The minimum atomic E-state index is -0.479. The van der Waals surface area contributed by atoms with Gasteiger partial charge in [-0.25, -0.2) is 9.12 Å². The number of nitrogens with zero attached hydrogens (tertiary/aromatic N) is 2. The van der Waals surface area contributed by atoms with Gasteiger partial charge in [-0.1, -0.05) is 25.8 Å². The molecule has 5 heteroatoms. The van der Waals surface area contributed by atoms with E-state index < -0.39 is 5.72 Å². The van der Waals surface area contributed by atoms with Crippen LogP contribution in [0.2, 0.25) is 0 Å². The van der Waals surface area contributed by atoms with E-state index in [9.17, 15) is 0 Å². The summed E-state index contributed by atoms with van der Waals surface area (Å²) in [7, 11) is 2.17. The van der Waals surface area contributed by atoms with Crippen molar-refractivity contribution in [3.8, 4) is 0 Å². The van der Waals surface area contributed by atoms with Gasteiger partial charge in [0.25, 0.3) is 0 Å². The largest absolute Gasteiger partial charge is 0.350 e. The van der Waals surface area contributed by atoms with Gasteiger partial charge in [-0.05, 0) is 32.4 Å². The fourth-order valence-corrected chi connectivity index (χ4v) is 3.00. The molecule has 0 amide bonds. The van der Waals surface area contributed by atoms with E-state index in [4.69, 9.17) is 4.74 Å². The molecule has 0 spiro atoms. The molecule has 4 nitrogen and oxygen atoms in total. The Hall–Kier alpha value is -0.360. The average molecular weight is 283 g/mol. The maximum absolute atomic E-state index is 6.14. The van der Waals surface area contributed by atoms with Crippen molar-refractivity contribution in [1.82, 2.24) is 9.62 Å². The van der Waals surface area contributed by atoms with E-state index in [1.165, 1.54) is 30.5 Å². The summed E-state index contributed by atoms with van der Waals surface area (Å²) in [6.45, 7) is 6.19. The maximum Gasteiger partial charge on any atom is 0.189 e. The molecular weight excluding hydrogens is 258 g/mol. The topological polar surface area (TPSA) is 36.9 Å². The van der Waals surface area contributed by atoms with Gasteiger partial charge >= 0.3 is 0 Å². The van der Waals surface area contributed by atoms with Gasteiger partial charge in [0.05, 0.1) is 18.3 Å². The summed E-state index contributed by atoms with van der Waals surface area (Å²) >= 11 is 1.38. The standard InChI is InChI=1S/C14H25N3OS/c1-4-5-6-9-18-14(11-15-19-16-14)13-8-7-12(2)17(3)10-13/h8,11-12,16H,4-7,9-10H2,1-3H3. The molecule has 2 unspecified atom stereocenters. The van der Waals surface area contributed by atoms with Crippen molar-refractivity contribution in [3.63, 3.8) is 0 Å². The quantitative estimate of drug-likeness (QED) is 0.462. The molecule has 0 aromatic heterocycles. The highest BCUT2D eigenvalue weighted by Crippen LogP contribution is 2.30. The highest BCUT2D eigenvalue weighted by molar-refractivity contribution is 7.96. The lowest BCUT2D eigenvalue weighted by molar-refractivity contribution is 0.0235. The SMILES string of the molecule is CCCCCOC1(C2=CCC(C)N(C)C2)C=NSN1. The van der Waals surface area contributed by atoms with Gasteiger partial charge in [-0.2, -0.15) is 0 Å². The lowest BCUT2D eigenvalue weighted by Crippen LogP contribution is -2.50. The van der Waals surface area contributed by atoms with E-state index in [2.05, 4.69) is 41.0 Å². The van der Waals surface area contributed by atoms with Crippen molar-refractivity contribution >= 4 is 18.3 Å². The molecule has 0 radical (unpaired) electrons. The molecule has 2 atom stereocenters. The normalized spacial score (nSPS) is 31.7. The number of hydrogen-bond acceptors (Lipinski definition) is 5. The molecule has 0 aromatic rings. The number of likely N-dealkylation sites (N-methyl/N-ethyl adjacent to an activating group) is 1. The molecule has 0 bridgehead atoms. The van der Waals surface area contributed by atoms with Crippen LogP contribution in [0.25, 0.3) is 0 Å². The highest BCUT2D eigenvalue weighted by atomic mass is 32.2. The molecule has 0 aromatic carbocycles. The third-order valence-corrected chi connectivity index (χ3v) is 4.52. The van der Waals surface area contributed by atoms with Gasteiger partial charge in [0.15, 0.2) is 5.72 Å². The fourth-order valence-electron chi connectivity index (χ4n) is 2.37. The zero-order chi connectivity index (χ0) is 13.7. The van der Waals surface area contributed by atoms with Crippen molar-refractivity contribution in [2.45, 2.75) is 51.3 Å². The van der Waals surface area contributed by atoms with Crippen LogP contribution in [0.1, 0.15) is 39.5 Å². The van der Waals surface area contributed by atoms with E-state index in [1.54, 1.807) is 0 Å². The first kappa shape index (κ1) is 15.0. The van der Waals surface area contributed by atoms with E-state index in [1.807, 2.05) is 6.21 Å². The van der Waals surface area contributed by atoms with Crippen LogP contribution in [-0.4, -0.2) is 43.1 Å². The third kappa shape index (κ3) is 3.60. The maximum atomic E-state index is 6.14. The first-order valence-electron chi connectivity index (χ1n) is 7.19. The predicted molar refractivity (Wildman–Crippen MR) is 82.2 cm³/mol. The summed E-state index contributed by atoms with van der Waals surface area (Å²) < 4.78 is 13.7. The lowest BCUT2D eigenvalue weighted by atomic mass is 9.96. The smallest absolute Gasteiger partial charge is 0.189 e. The van der Waals surface area contributed by atoms with Crippen molar-refractivity contribution in [1.29, 1.82) is 0 Å². The van der Waals surface area contributed by atoms with Crippen LogP contribution < -0.4 is 4.72 Å². The molecular formula is C14H25N3OS. The first-order valence-corrected chi connectivity index (χ1v) is 7.96. The van der Waals surface area contributed by atoms with Crippen molar-refractivity contribution in [2.24, 2.45) is 4.40 Å². The number of ether oxygens (including phenoxy) is 1. The molecule has 1 N–H and O–H groups in total. The number of hydrogen-bond donors (Lipinski definition) is 1. The summed E-state index contributed by atoms with van der Waals surface area (Å²) in [4.78, 5) is 2.37. The van der Waals surface area contributed by atoms with Crippen LogP contribution >= 0.6 is 12.1 Å². The Labute approximate surface area is 120 Å². The van der Waals surface area contributed by atoms with Crippen molar-refractivity contribution < 1.29 is 4.74 Å². The molecule has 0 saturated heterocycles. The second-order valence-corrected chi connectivity index (χ2v) is 6.05. The van der Waals surface area contributed by atoms with Crippen molar-refractivity contribution in [2.75, 3.05) is 20.2 Å². The average Bonchev–Trinajstić information content (AvgIpc) is 2.88. The summed E-state index contributed by atoms with van der Waals surface area (Å²) in [6, 6.07) is 0.604. The molecule has 2 rings (SSSR count). The highest BCUT2D eigenvalue weighted by Gasteiger charge is 2.38. The Morgan fingerprint density at radius 3 is 3.05 bits per heavy atom.